The fraction of sp³-hybridized carbons (Fsp3) is 0.316. The molecule has 0 heterocycles. The summed E-state index contributed by atoms with van der Waals surface area (Å²) < 4.78 is 27.6. The second-order valence-electron chi connectivity index (χ2n) is 6.26. The van der Waals surface area contributed by atoms with Crippen LogP contribution in [0.4, 0.5) is 8.78 Å². The van der Waals surface area contributed by atoms with Crippen molar-refractivity contribution in [1.29, 1.82) is 0 Å². The molecule has 5 heteroatoms. The molecule has 2 unspecified atom stereocenters. The van der Waals surface area contributed by atoms with E-state index in [1.54, 1.807) is 0 Å². The number of amides is 1. The van der Waals surface area contributed by atoms with Crippen molar-refractivity contribution in [1.82, 2.24) is 5.32 Å². The third-order valence-corrected chi connectivity index (χ3v) is 4.71. The van der Waals surface area contributed by atoms with E-state index in [1.807, 2.05) is 24.3 Å². The Labute approximate surface area is 139 Å². The van der Waals surface area contributed by atoms with Gasteiger partial charge in [0, 0.05) is 5.56 Å². The Morgan fingerprint density at radius 1 is 1.21 bits per heavy atom. The minimum atomic E-state index is -1.14. The van der Waals surface area contributed by atoms with Crippen molar-refractivity contribution in [3.05, 3.63) is 70.8 Å². The van der Waals surface area contributed by atoms with Crippen molar-refractivity contribution in [2.45, 2.75) is 31.3 Å². The van der Waals surface area contributed by atoms with Crippen LogP contribution in [0.3, 0.4) is 0 Å². The Morgan fingerprint density at radius 2 is 1.88 bits per heavy atom. The second kappa shape index (κ2) is 6.32. The first kappa shape index (κ1) is 16.6. The van der Waals surface area contributed by atoms with E-state index in [1.165, 1.54) is 13.0 Å². The van der Waals surface area contributed by atoms with Gasteiger partial charge in [-0.05, 0) is 43.0 Å². The topological polar surface area (TPSA) is 49.3 Å². The minimum absolute atomic E-state index is 0.0171. The van der Waals surface area contributed by atoms with Crippen LogP contribution in [-0.4, -0.2) is 17.6 Å². The third kappa shape index (κ3) is 2.91. The van der Waals surface area contributed by atoms with Gasteiger partial charge in [0.1, 0.15) is 17.2 Å². The van der Waals surface area contributed by atoms with E-state index in [0.717, 1.165) is 29.7 Å². The molecule has 126 valence electrons. The van der Waals surface area contributed by atoms with Gasteiger partial charge in [0.05, 0.1) is 12.5 Å². The summed E-state index contributed by atoms with van der Waals surface area (Å²) in [5.74, 6) is -2.99. The number of carbonyl (C=O) groups excluding carboxylic acids is 1. The van der Waals surface area contributed by atoms with Gasteiger partial charge in [-0.2, -0.15) is 0 Å². The first-order valence-electron chi connectivity index (χ1n) is 7.95. The Hall–Kier alpha value is -2.27. The summed E-state index contributed by atoms with van der Waals surface area (Å²) in [6.07, 6.45) is 1.25. The van der Waals surface area contributed by atoms with Gasteiger partial charge in [-0.25, -0.2) is 8.78 Å². The van der Waals surface area contributed by atoms with Gasteiger partial charge in [-0.3, -0.25) is 4.79 Å². The molecule has 24 heavy (non-hydrogen) atoms. The molecule has 1 aliphatic carbocycles. The average Bonchev–Trinajstić information content (AvgIpc) is 2.90. The molecular weight excluding hydrogens is 312 g/mol. The number of hydrogen-bond acceptors (Lipinski definition) is 2. The standard InChI is InChI=1S/C19H19F2NO2/c1-12(17-15(20)7-4-8-16(17)21)18(23)22-11-19(24)10-9-13-5-2-3-6-14(13)19/h2-8,12,24H,9-11H2,1H3,(H,22,23). The van der Waals surface area contributed by atoms with Gasteiger partial charge in [0.15, 0.2) is 0 Å². The minimum Gasteiger partial charge on any atom is -0.383 e. The molecular formula is C19H19F2NO2. The maximum atomic E-state index is 13.8. The van der Waals surface area contributed by atoms with Crippen LogP contribution in [0.2, 0.25) is 0 Å². The average molecular weight is 331 g/mol. The van der Waals surface area contributed by atoms with Gasteiger partial charge in [-0.15, -0.1) is 0 Å². The van der Waals surface area contributed by atoms with E-state index < -0.39 is 29.1 Å². The number of hydrogen-bond donors (Lipinski definition) is 2. The summed E-state index contributed by atoms with van der Waals surface area (Å²) in [7, 11) is 0. The van der Waals surface area contributed by atoms with Crippen LogP contribution < -0.4 is 5.32 Å². The predicted molar refractivity (Wildman–Crippen MR) is 86.4 cm³/mol. The largest absolute Gasteiger partial charge is 0.383 e. The summed E-state index contributed by atoms with van der Waals surface area (Å²) >= 11 is 0. The Morgan fingerprint density at radius 3 is 2.58 bits per heavy atom. The number of carbonyl (C=O) groups is 1. The lowest BCUT2D eigenvalue weighted by Gasteiger charge is -2.25. The maximum absolute atomic E-state index is 13.8. The van der Waals surface area contributed by atoms with Crippen LogP contribution >= 0.6 is 0 Å². The molecule has 0 saturated carbocycles. The van der Waals surface area contributed by atoms with Crippen molar-refractivity contribution < 1.29 is 18.7 Å². The predicted octanol–water partition coefficient (Wildman–Crippen LogP) is 3.02. The number of halogens is 2. The van der Waals surface area contributed by atoms with Crippen LogP contribution in [0.1, 0.15) is 36.0 Å². The summed E-state index contributed by atoms with van der Waals surface area (Å²) in [6, 6.07) is 11.1. The Kier molecular flexibility index (Phi) is 4.37. The molecule has 2 aromatic carbocycles. The normalized spacial score (nSPS) is 20.5. The van der Waals surface area contributed by atoms with Crippen LogP contribution in [0.15, 0.2) is 42.5 Å². The van der Waals surface area contributed by atoms with E-state index >= 15 is 0 Å². The zero-order chi connectivity index (χ0) is 17.3. The lowest BCUT2D eigenvalue weighted by Crippen LogP contribution is -2.41. The highest BCUT2D eigenvalue weighted by molar-refractivity contribution is 5.83. The molecule has 0 aliphatic heterocycles. The molecule has 0 bridgehead atoms. The van der Waals surface area contributed by atoms with Crippen molar-refractivity contribution in [2.75, 3.05) is 6.54 Å². The Bertz CT molecular complexity index is 757. The lowest BCUT2D eigenvalue weighted by atomic mass is 9.94. The molecule has 2 N–H and O–H groups in total. The van der Waals surface area contributed by atoms with E-state index in [-0.39, 0.29) is 12.1 Å². The first-order valence-corrected chi connectivity index (χ1v) is 7.95. The molecule has 3 rings (SSSR count). The summed E-state index contributed by atoms with van der Waals surface area (Å²) in [5.41, 5.74) is 0.464. The van der Waals surface area contributed by atoms with Crippen molar-refractivity contribution in [3.8, 4) is 0 Å². The fourth-order valence-corrected chi connectivity index (χ4v) is 3.29. The van der Waals surface area contributed by atoms with Crippen molar-refractivity contribution in [3.63, 3.8) is 0 Å². The van der Waals surface area contributed by atoms with E-state index in [0.29, 0.717) is 6.42 Å². The SMILES string of the molecule is CC(C(=O)NCC1(O)CCc2ccccc21)c1c(F)cccc1F. The van der Waals surface area contributed by atoms with Gasteiger partial charge < -0.3 is 10.4 Å². The molecule has 0 radical (unpaired) electrons. The Balaban J connectivity index is 1.72. The molecule has 1 aliphatic rings. The fourth-order valence-electron chi connectivity index (χ4n) is 3.29. The smallest absolute Gasteiger partial charge is 0.227 e. The van der Waals surface area contributed by atoms with E-state index in [9.17, 15) is 18.7 Å². The molecule has 2 atom stereocenters. The van der Waals surface area contributed by atoms with Gasteiger partial charge in [0.2, 0.25) is 5.91 Å². The number of aryl methyl sites for hydroxylation is 1. The third-order valence-electron chi connectivity index (χ3n) is 4.71. The second-order valence-corrected chi connectivity index (χ2v) is 6.26. The summed E-state index contributed by atoms with van der Waals surface area (Å²) in [5, 5.41) is 13.4. The summed E-state index contributed by atoms with van der Waals surface area (Å²) in [6.45, 7) is 1.47. The molecule has 0 saturated heterocycles. The van der Waals surface area contributed by atoms with E-state index in [2.05, 4.69) is 5.32 Å². The number of aliphatic hydroxyl groups is 1. The number of fused-ring (bicyclic) bond motifs is 1. The first-order chi connectivity index (χ1) is 11.4. The number of rotatable bonds is 4. The molecule has 2 aromatic rings. The highest BCUT2D eigenvalue weighted by Gasteiger charge is 2.37. The van der Waals surface area contributed by atoms with Crippen LogP contribution in [-0.2, 0) is 16.8 Å². The zero-order valence-electron chi connectivity index (χ0n) is 13.4. The molecule has 0 spiro atoms. The zero-order valence-corrected chi connectivity index (χ0v) is 13.4. The van der Waals surface area contributed by atoms with Gasteiger partial charge in [-0.1, -0.05) is 30.3 Å². The number of benzene rings is 2. The highest BCUT2D eigenvalue weighted by atomic mass is 19.1. The van der Waals surface area contributed by atoms with Crippen molar-refractivity contribution >= 4 is 5.91 Å². The quantitative estimate of drug-likeness (QED) is 0.905. The monoisotopic (exact) mass is 331 g/mol. The van der Waals surface area contributed by atoms with E-state index in [4.69, 9.17) is 0 Å². The lowest BCUT2D eigenvalue weighted by molar-refractivity contribution is -0.123. The van der Waals surface area contributed by atoms with Crippen LogP contribution in [0.5, 0.6) is 0 Å². The molecule has 0 aromatic heterocycles. The van der Waals surface area contributed by atoms with Gasteiger partial charge in [0.25, 0.3) is 0 Å². The van der Waals surface area contributed by atoms with Gasteiger partial charge >= 0.3 is 0 Å². The molecule has 1 amide bonds. The number of nitrogens with one attached hydrogen (secondary N) is 1. The molecule has 0 fully saturated rings. The maximum Gasteiger partial charge on any atom is 0.227 e. The van der Waals surface area contributed by atoms with Crippen LogP contribution in [0, 0.1) is 11.6 Å². The van der Waals surface area contributed by atoms with Crippen LogP contribution in [0.25, 0.3) is 0 Å². The highest BCUT2D eigenvalue weighted by Crippen LogP contribution is 2.36. The summed E-state index contributed by atoms with van der Waals surface area (Å²) in [4.78, 5) is 12.3. The van der Waals surface area contributed by atoms with Crippen molar-refractivity contribution in [2.24, 2.45) is 0 Å². The molecule has 3 nitrogen and oxygen atoms in total.